The minimum atomic E-state index is -1.34. The van der Waals surface area contributed by atoms with E-state index >= 15 is 0 Å². The fourth-order valence-corrected chi connectivity index (χ4v) is 26.5. The van der Waals surface area contributed by atoms with Crippen LogP contribution >= 0.6 is 0 Å². The summed E-state index contributed by atoms with van der Waals surface area (Å²) in [7, 11) is -3.55. The Kier molecular flexibility index (Phi) is 6.46. The minimum absolute atomic E-state index is 0.296. The maximum atomic E-state index is 2.90. The molecule has 0 unspecified atom stereocenters. The zero-order chi connectivity index (χ0) is 21.7. The summed E-state index contributed by atoms with van der Waals surface area (Å²) < 4.78 is 5.79. The monoisotopic (exact) mass is 433 g/mol. The molecule has 0 fully saturated rings. The summed E-state index contributed by atoms with van der Waals surface area (Å²) in [5.74, 6) is 0. The molecule has 1 aliphatic rings. The van der Waals surface area contributed by atoms with Crippen LogP contribution in [-0.2, 0) is 0 Å². The van der Waals surface area contributed by atoms with E-state index in [0.717, 1.165) is 17.9 Å². The first-order chi connectivity index (χ1) is 12.4. The lowest BCUT2D eigenvalue weighted by Crippen LogP contribution is -2.65. The summed E-state index contributed by atoms with van der Waals surface area (Å²) in [5, 5.41) is 0. The average molecular weight is 434 g/mol. The van der Waals surface area contributed by atoms with Gasteiger partial charge in [0, 0.05) is 27.5 Å². The number of para-hydroxylation sites is 2. The van der Waals surface area contributed by atoms with E-state index in [1.165, 1.54) is 11.4 Å². The van der Waals surface area contributed by atoms with E-state index in [4.69, 9.17) is 0 Å². The SMILES string of the molecule is CC(C)(C)CN1c2ccccc2N(CC(C)(C)C)[Si-]1C([Si](C)(C)C)[Si](C)(C)C. The third kappa shape index (κ3) is 5.54. The molecule has 0 amide bonds. The van der Waals surface area contributed by atoms with Gasteiger partial charge in [-0.05, 0) is 45.2 Å². The van der Waals surface area contributed by atoms with Gasteiger partial charge in [0.15, 0.2) is 0 Å². The zero-order valence-corrected chi connectivity index (χ0v) is 23.7. The Bertz CT molecular complexity index is 618. The number of benzene rings is 1. The quantitative estimate of drug-likeness (QED) is 0.460. The maximum Gasteiger partial charge on any atom is 0.0206 e. The van der Waals surface area contributed by atoms with E-state index in [1.54, 1.807) is 0 Å². The molecule has 0 atom stereocenters. The van der Waals surface area contributed by atoms with E-state index in [0.29, 0.717) is 10.8 Å². The molecule has 0 saturated carbocycles. The van der Waals surface area contributed by atoms with Gasteiger partial charge in [-0.15, -0.1) is 4.79 Å². The normalized spacial score (nSPS) is 16.9. The molecule has 5 heteroatoms. The van der Waals surface area contributed by atoms with Crippen molar-refractivity contribution in [2.75, 3.05) is 22.2 Å². The highest BCUT2D eigenvalue weighted by molar-refractivity contribution is 7.09. The minimum Gasteiger partial charge on any atom is -0.524 e. The predicted molar refractivity (Wildman–Crippen MR) is 136 cm³/mol. The predicted octanol–water partition coefficient (Wildman–Crippen LogP) is 7.02. The van der Waals surface area contributed by atoms with Crippen molar-refractivity contribution >= 4 is 36.6 Å². The second-order valence-corrected chi connectivity index (χ2v) is 28.0. The molecule has 0 aromatic heterocycles. The highest BCUT2D eigenvalue weighted by Crippen LogP contribution is 2.48. The molecule has 0 aliphatic carbocycles. The number of hydrogen-bond donors (Lipinski definition) is 0. The molecule has 1 aliphatic heterocycles. The molecule has 1 aromatic carbocycles. The molecule has 0 bridgehead atoms. The fraction of sp³-hybridized carbons (Fsp3) is 0.739. The molecule has 0 radical (unpaired) electrons. The Labute approximate surface area is 179 Å². The Morgan fingerprint density at radius 3 is 1.29 bits per heavy atom. The van der Waals surface area contributed by atoms with Gasteiger partial charge in [0.2, 0.25) is 0 Å². The van der Waals surface area contributed by atoms with E-state index in [9.17, 15) is 0 Å². The lowest BCUT2D eigenvalue weighted by Gasteiger charge is -2.60. The van der Waals surface area contributed by atoms with E-state index in [2.05, 4.69) is 114 Å². The van der Waals surface area contributed by atoms with Crippen molar-refractivity contribution < 1.29 is 0 Å². The van der Waals surface area contributed by atoms with Crippen LogP contribution < -0.4 is 9.13 Å². The van der Waals surface area contributed by atoms with Gasteiger partial charge in [-0.1, -0.05) is 93.0 Å². The van der Waals surface area contributed by atoms with Crippen LogP contribution in [0.2, 0.25) is 44.1 Å². The van der Waals surface area contributed by atoms with Gasteiger partial charge in [0.1, 0.15) is 0 Å². The van der Waals surface area contributed by atoms with Gasteiger partial charge in [-0.25, -0.2) is 0 Å². The first-order valence-corrected chi connectivity index (χ1v) is 19.6. The number of fused-ring (bicyclic) bond motifs is 1. The molecule has 0 spiro atoms. The van der Waals surface area contributed by atoms with Gasteiger partial charge in [-0.2, -0.15) is 0 Å². The highest BCUT2D eigenvalue weighted by Gasteiger charge is 2.43. The van der Waals surface area contributed by atoms with Crippen LogP contribution in [0.4, 0.5) is 11.4 Å². The molecular formula is C23H45N2Si3-. The molecule has 0 N–H and O–H groups in total. The Hall–Kier alpha value is -0.529. The van der Waals surface area contributed by atoms with Crippen molar-refractivity contribution in [2.45, 2.75) is 85.6 Å². The Balaban J connectivity index is 2.70. The number of hydrogen-bond acceptors (Lipinski definition) is 2. The van der Waals surface area contributed by atoms with Crippen LogP contribution in [0.25, 0.3) is 0 Å². The van der Waals surface area contributed by atoms with Gasteiger partial charge in [0.05, 0.1) is 0 Å². The molecule has 2 nitrogen and oxygen atoms in total. The van der Waals surface area contributed by atoms with Crippen LogP contribution in [-0.4, -0.2) is 38.4 Å². The van der Waals surface area contributed by atoms with Crippen molar-refractivity contribution in [2.24, 2.45) is 10.8 Å². The highest BCUT2D eigenvalue weighted by atomic mass is 28.4. The summed E-state index contributed by atoms with van der Waals surface area (Å²) in [6.07, 6.45) is 0. The van der Waals surface area contributed by atoms with Crippen molar-refractivity contribution in [3.8, 4) is 0 Å². The summed E-state index contributed by atoms with van der Waals surface area (Å²) >= 11 is 0. The van der Waals surface area contributed by atoms with Crippen LogP contribution in [0, 0.1) is 10.8 Å². The molecule has 0 saturated heterocycles. The van der Waals surface area contributed by atoms with Crippen LogP contribution in [0.3, 0.4) is 0 Å². The number of rotatable bonds is 5. The first-order valence-electron chi connectivity index (χ1n) is 10.9. The van der Waals surface area contributed by atoms with Crippen molar-refractivity contribution in [3.05, 3.63) is 24.3 Å². The molecular weight excluding hydrogens is 389 g/mol. The van der Waals surface area contributed by atoms with E-state index in [1.807, 2.05) is 0 Å². The summed E-state index contributed by atoms with van der Waals surface area (Å²) in [4.78, 5) is 0.905. The third-order valence-corrected chi connectivity index (χ3v) is 23.1. The second kappa shape index (κ2) is 7.62. The summed E-state index contributed by atoms with van der Waals surface area (Å²) in [5.41, 5.74) is 3.59. The summed E-state index contributed by atoms with van der Waals surface area (Å²) in [6, 6.07) is 9.26. The van der Waals surface area contributed by atoms with Gasteiger partial charge < -0.3 is 9.13 Å². The zero-order valence-electron chi connectivity index (χ0n) is 20.7. The fourth-order valence-electron chi connectivity index (χ4n) is 4.98. The van der Waals surface area contributed by atoms with Gasteiger partial charge >= 0.3 is 0 Å². The molecule has 160 valence electrons. The maximum absolute atomic E-state index is 2.90. The number of anilines is 2. The van der Waals surface area contributed by atoms with Gasteiger partial charge in [-0.3, -0.25) is 0 Å². The average Bonchev–Trinajstić information content (AvgIpc) is 2.68. The Morgan fingerprint density at radius 2 is 1.04 bits per heavy atom. The summed E-state index contributed by atoms with van der Waals surface area (Å²) in [6.45, 7) is 32.5. The lowest BCUT2D eigenvalue weighted by molar-refractivity contribution is 0.424. The van der Waals surface area contributed by atoms with E-state index < -0.39 is 25.3 Å². The third-order valence-electron chi connectivity index (χ3n) is 5.27. The smallest absolute Gasteiger partial charge is 0.0206 e. The standard InChI is InChI=1S/C23H45N2Si3/c1-22(2,3)17-24-19-15-13-14-16-20(19)25(18-23(4,5)6)26(24)21(27(7,8)9)28(10,11)12/h13-16,21H,17-18H2,1-12H3/q-1. The van der Waals surface area contributed by atoms with Crippen molar-refractivity contribution in [3.63, 3.8) is 0 Å². The van der Waals surface area contributed by atoms with Crippen LogP contribution in [0.1, 0.15) is 41.5 Å². The Morgan fingerprint density at radius 1 is 0.714 bits per heavy atom. The van der Waals surface area contributed by atoms with Crippen molar-refractivity contribution in [1.29, 1.82) is 0 Å². The van der Waals surface area contributed by atoms with Crippen LogP contribution in [0.15, 0.2) is 24.3 Å². The van der Waals surface area contributed by atoms with Crippen molar-refractivity contribution in [1.82, 2.24) is 0 Å². The topological polar surface area (TPSA) is 6.48 Å². The van der Waals surface area contributed by atoms with E-state index in [-0.39, 0.29) is 0 Å². The van der Waals surface area contributed by atoms with Crippen LogP contribution in [0.5, 0.6) is 0 Å². The largest absolute Gasteiger partial charge is 0.524 e. The molecule has 2 rings (SSSR count). The lowest BCUT2D eigenvalue weighted by atomic mass is 9.96. The molecule has 28 heavy (non-hydrogen) atoms. The first kappa shape index (κ1) is 23.7. The molecule has 1 aromatic rings. The molecule has 1 heterocycles. The number of nitrogens with zero attached hydrogens (tertiary/aromatic N) is 2. The van der Waals surface area contributed by atoms with Gasteiger partial charge in [0.25, 0.3) is 0 Å². The second-order valence-electron chi connectivity index (χ2n) is 13.3.